The first-order valence-corrected chi connectivity index (χ1v) is 13.1. The molecule has 0 saturated carbocycles. The van der Waals surface area contributed by atoms with Gasteiger partial charge in [-0.3, -0.25) is 9.59 Å². The summed E-state index contributed by atoms with van der Waals surface area (Å²) in [5, 5.41) is 1.69. The molecule has 1 unspecified atom stereocenters. The van der Waals surface area contributed by atoms with Crippen LogP contribution in [0.2, 0.25) is 0 Å². The first-order chi connectivity index (χ1) is 17.3. The quantitative estimate of drug-likeness (QED) is 0.501. The van der Waals surface area contributed by atoms with Gasteiger partial charge in [0.05, 0.1) is 30.1 Å². The van der Waals surface area contributed by atoms with E-state index < -0.39 is 21.0 Å². The number of nitrogens with one attached hydrogen (secondary N) is 1. The second-order valence-electron chi connectivity index (χ2n) is 8.39. The van der Waals surface area contributed by atoms with Crippen molar-refractivity contribution in [2.45, 2.75) is 23.0 Å². The molecular weight excluding hydrogens is 480 g/mol. The Bertz CT molecular complexity index is 1360. The molecule has 4 rings (SSSR count). The molecule has 1 aliphatic rings. The number of para-hydroxylation sites is 1. The Balaban J connectivity index is 1.60. The standard InChI is InChI=1S/C27H28N2O6S/c1-34-22-13-12-20(16-23(22)35-2)25-17-27(31)29(21-10-6-7-11-24(21)36(25,32)33)18-26(30)28-15-14-19-8-4-3-5-9-19/h3-13,16,25H,14-15,17-18H2,1-2H3,(H,28,30). The summed E-state index contributed by atoms with van der Waals surface area (Å²) < 4.78 is 38.1. The molecule has 0 fully saturated rings. The van der Waals surface area contributed by atoms with Gasteiger partial charge < -0.3 is 19.7 Å². The SMILES string of the molecule is COc1ccc(C2CC(=O)N(CC(=O)NCCc3ccccc3)c3ccccc3S2(=O)=O)cc1OC. The van der Waals surface area contributed by atoms with E-state index in [1.165, 1.54) is 25.2 Å². The van der Waals surface area contributed by atoms with Gasteiger partial charge in [0.15, 0.2) is 21.3 Å². The lowest BCUT2D eigenvalue weighted by Gasteiger charge is -2.21. The van der Waals surface area contributed by atoms with Crippen molar-refractivity contribution < 1.29 is 27.5 Å². The number of ether oxygens (including phenoxy) is 2. The van der Waals surface area contributed by atoms with Crippen LogP contribution in [-0.4, -0.2) is 47.5 Å². The predicted octanol–water partition coefficient (Wildman–Crippen LogP) is 3.31. The van der Waals surface area contributed by atoms with Crippen LogP contribution >= 0.6 is 0 Å². The van der Waals surface area contributed by atoms with E-state index in [1.54, 1.807) is 36.4 Å². The van der Waals surface area contributed by atoms with Crippen molar-refractivity contribution in [2.75, 3.05) is 32.2 Å². The Kier molecular flexibility index (Phi) is 7.59. The van der Waals surface area contributed by atoms with E-state index >= 15 is 0 Å². The van der Waals surface area contributed by atoms with Crippen molar-refractivity contribution in [3.05, 3.63) is 83.9 Å². The van der Waals surface area contributed by atoms with Crippen molar-refractivity contribution in [3.63, 3.8) is 0 Å². The molecule has 9 heteroatoms. The summed E-state index contributed by atoms with van der Waals surface area (Å²) in [6, 6.07) is 20.8. The number of rotatable bonds is 8. The monoisotopic (exact) mass is 508 g/mol. The number of nitrogens with zero attached hydrogens (tertiary/aromatic N) is 1. The van der Waals surface area contributed by atoms with E-state index in [0.717, 1.165) is 5.56 Å². The Morgan fingerprint density at radius 1 is 0.972 bits per heavy atom. The van der Waals surface area contributed by atoms with Crippen LogP contribution in [-0.2, 0) is 25.8 Å². The molecule has 0 aliphatic carbocycles. The highest BCUT2D eigenvalue weighted by Gasteiger charge is 2.40. The normalized spacial score (nSPS) is 16.6. The summed E-state index contributed by atoms with van der Waals surface area (Å²) in [4.78, 5) is 27.4. The number of hydrogen-bond acceptors (Lipinski definition) is 6. The Hall–Kier alpha value is -3.85. The van der Waals surface area contributed by atoms with Gasteiger partial charge in [-0.15, -0.1) is 0 Å². The average Bonchev–Trinajstić information content (AvgIpc) is 2.97. The average molecular weight is 509 g/mol. The summed E-state index contributed by atoms with van der Waals surface area (Å²) >= 11 is 0. The highest BCUT2D eigenvalue weighted by molar-refractivity contribution is 7.92. The molecule has 0 bridgehead atoms. The van der Waals surface area contributed by atoms with Gasteiger partial charge in [0.2, 0.25) is 11.8 Å². The van der Waals surface area contributed by atoms with Crippen LogP contribution in [0.25, 0.3) is 0 Å². The van der Waals surface area contributed by atoms with Crippen molar-refractivity contribution in [1.29, 1.82) is 0 Å². The largest absolute Gasteiger partial charge is 0.493 e. The predicted molar refractivity (Wildman–Crippen MR) is 136 cm³/mol. The maximum absolute atomic E-state index is 13.7. The highest BCUT2D eigenvalue weighted by atomic mass is 32.2. The molecule has 0 aromatic heterocycles. The van der Waals surface area contributed by atoms with Gasteiger partial charge in [-0.2, -0.15) is 0 Å². The summed E-state index contributed by atoms with van der Waals surface area (Å²) in [6.07, 6.45) is 0.330. The second kappa shape index (κ2) is 10.8. The molecule has 0 spiro atoms. The van der Waals surface area contributed by atoms with E-state index in [1.807, 2.05) is 30.3 Å². The van der Waals surface area contributed by atoms with Gasteiger partial charge in [-0.05, 0) is 41.8 Å². The summed E-state index contributed by atoms with van der Waals surface area (Å²) in [5.74, 6) is -0.00445. The van der Waals surface area contributed by atoms with Crippen LogP contribution in [0.4, 0.5) is 5.69 Å². The molecule has 3 aromatic rings. The zero-order valence-electron chi connectivity index (χ0n) is 20.1. The van der Waals surface area contributed by atoms with E-state index in [9.17, 15) is 18.0 Å². The number of amides is 2. The molecule has 0 saturated heterocycles. The lowest BCUT2D eigenvalue weighted by atomic mass is 10.1. The molecule has 3 aromatic carbocycles. The lowest BCUT2D eigenvalue weighted by molar-refractivity contribution is -0.123. The van der Waals surface area contributed by atoms with Crippen molar-refractivity contribution in [3.8, 4) is 11.5 Å². The van der Waals surface area contributed by atoms with Crippen LogP contribution in [0.15, 0.2) is 77.7 Å². The lowest BCUT2D eigenvalue weighted by Crippen LogP contribution is -2.41. The number of carbonyl (C=O) groups is 2. The van der Waals surface area contributed by atoms with E-state index in [0.29, 0.717) is 30.0 Å². The molecule has 1 atom stereocenters. The van der Waals surface area contributed by atoms with Gasteiger partial charge in [-0.25, -0.2) is 8.42 Å². The fourth-order valence-corrected chi connectivity index (χ4v) is 6.21. The number of benzene rings is 3. The molecule has 1 aliphatic heterocycles. The summed E-state index contributed by atoms with van der Waals surface area (Å²) in [6.45, 7) is 0.123. The van der Waals surface area contributed by atoms with Gasteiger partial charge in [-0.1, -0.05) is 48.5 Å². The summed E-state index contributed by atoms with van der Waals surface area (Å²) in [5.41, 5.74) is 1.69. The fraction of sp³-hybridized carbons (Fsp3) is 0.259. The smallest absolute Gasteiger partial charge is 0.240 e. The van der Waals surface area contributed by atoms with Gasteiger partial charge >= 0.3 is 0 Å². The van der Waals surface area contributed by atoms with Crippen LogP contribution in [0.1, 0.15) is 22.8 Å². The van der Waals surface area contributed by atoms with E-state index in [-0.39, 0.29) is 29.5 Å². The van der Waals surface area contributed by atoms with Crippen LogP contribution < -0.4 is 19.7 Å². The third-order valence-corrected chi connectivity index (χ3v) is 8.30. The van der Waals surface area contributed by atoms with Crippen molar-refractivity contribution >= 4 is 27.3 Å². The molecule has 2 amide bonds. The molecule has 1 heterocycles. The number of sulfone groups is 1. The topological polar surface area (TPSA) is 102 Å². The van der Waals surface area contributed by atoms with E-state index in [4.69, 9.17) is 9.47 Å². The van der Waals surface area contributed by atoms with Gasteiger partial charge in [0.25, 0.3) is 0 Å². The molecule has 1 N–H and O–H groups in total. The Labute approximate surface area is 210 Å². The van der Waals surface area contributed by atoms with Crippen LogP contribution in [0, 0.1) is 0 Å². The Morgan fingerprint density at radius 2 is 1.67 bits per heavy atom. The zero-order valence-corrected chi connectivity index (χ0v) is 21.0. The number of methoxy groups -OCH3 is 2. The van der Waals surface area contributed by atoms with Crippen molar-refractivity contribution in [1.82, 2.24) is 5.32 Å². The minimum atomic E-state index is -3.96. The number of carbonyl (C=O) groups excluding carboxylic acids is 2. The zero-order chi connectivity index (χ0) is 25.7. The molecule has 8 nitrogen and oxygen atoms in total. The van der Waals surface area contributed by atoms with E-state index in [2.05, 4.69) is 5.32 Å². The first-order valence-electron chi connectivity index (χ1n) is 11.5. The highest BCUT2D eigenvalue weighted by Crippen LogP contribution is 2.42. The number of hydrogen-bond donors (Lipinski definition) is 1. The maximum Gasteiger partial charge on any atom is 0.240 e. The minimum absolute atomic E-state index is 0.00715. The number of anilines is 1. The molecular formula is C27H28N2O6S. The summed E-state index contributed by atoms with van der Waals surface area (Å²) in [7, 11) is -1.01. The van der Waals surface area contributed by atoms with Crippen molar-refractivity contribution in [2.24, 2.45) is 0 Å². The maximum atomic E-state index is 13.7. The third-order valence-electron chi connectivity index (χ3n) is 6.16. The fourth-order valence-electron chi connectivity index (χ4n) is 4.30. The Morgan fingerprint density at radius 3 is 2.39 bits per heavy atom. The molecule has 0 radical (unpaired) electrons. The second-order valence-corrected chi connectivity index (χ2v) is 10.5. The van der Waals surface area contributed by atoms with Crippen LogP contribution in [0.5, 0.6) is 11.5 Å². The van der Waals surface area contributed by atoms with Gasteiger partial charge in [0.1, 0.15) is 6.54 Å². The number of fused-ring (bicyclic) bond motifs is 1. The minimum Gasteiger partial charge on any atom is -0.493 e. The van der Waals surface area contributed by atoms with Crippen LogP contribution in [0.3, 0.4) is 0 Å². The first kappa shape index (κ1) is 25.2. The molecule has 188 valence electrons. The molecule has 36 heavy (non-hydrogen) atoms. The van der Waals surface area contributed by atoms with Gasteiger partial charge in [0, 0.05) is 13.0 Å². The third kappa shape index (κ3) is 5.21.